The summed E-state index contributed by atoms with van der Waals surface area (Å²) >= 11 is 0. The van der Waals surface area contributed by atoms with Crippen LogP contribution in [0.4, 0.5) is 0 Å². The average molecular weight is 327 g/mol. The van der Waals surface area contributed by atoms with Gasteiger partial charge in [-0.1, -0.05) is 78.0 Å². The highest BCUT2D eigenvalue weighted by Gasteiger charge is 2.23. The first-order valence-corrected chi connectivity index (χ1v) is 8.75. The predicted molar refractivity (Wildman–Crippen MR) is 105 cm³/mol. The largest absolute Gasteiger partial charge is 0.399 e. The molecule has 2 heteroatoms. The topological polar surface area (TPSA) is 21.6 Å². The third-order valence-corrected chi connectivity index (χ3v) is 4.81. The van der Waals surface area contributed by atoms with Crippen LogP contribution in [0.5, 0.6) is 0 Å². The third-order valence-electron chi connectivity index (χ3n) is 4.81. The molecule has 0 spiro atoms. The molecular weight excluding hydrogens is 306 g/mol. The fourth-order valence-corrected chi connectivity index (χ4v) is 3.75. The summed E-state index contributed by atoms with van der Waals surface area (Å²) in [6.07, 6.45) is 3.11. The smallest absolute Gasteiger partial charge is 0.106 e. The van der Waals surface area contributed by atoms with Crippen molar-refractivity contribution in [2.75, 3.05) is 7.11 Å². The highest BCUT2D eigenvalue weighted by Crippen LogP contribution is 2.39. The van der Waals surface area contributed by atoms with E-state index in [4.69, 9.17) is 4.84 Å². The van der Waals surface area contributed by atoms with Gasteiger partial charge in [0.2, 0.25) is 0 Å². The van der Waals surface area contributed by atoms with Crippen LogP contribution in [0.2, 0.25) is 0 Å². The molecule has 0 saturated heterocycles. The Bertz CT molecular complexity index is 949. The van der Waals surface area contributed by atoms with E-state index in [1.807, 2.05) is 0 Å². The number of nitrogens with zero attached hydrogens (tertiary/aromatic N) is 1. The van der Waals surface area contributed by atoms with E-state index >= 15 is 0 Å². The highest BCUT2D eigenvalue weighted by molar-refractivity contribution is 6.33. The van der Waals surface area contributed by atoms with Crippen LogP contribution < -0.4 is 0 Å². The van der Waals surface area contributed by atoms with E-state index in [-0.39, 0.29) is 0 Å². The third kappa shape index (κ3) is 2.96. The summed E-state index contributed by atoms with van der Waals surface area (Å²) in [6, 6.07) is 25.7. The lowest BCUT2D eigenvalue weighted by Crippen LogP contribution is -2.12. The molecule has 1 aliphatic carbocycles. The quantitative estimate of drug-likeness (QED) is 0.546. The van der Waals surface area contributed by atoms with Gasteiger partial charge in [0.1, 0.15) is 7.11 Å². The molecule has 0 heterocycles. The lowest BCUT2D eigenvalue weighted by molar-refractivity contribution is 0.213. The van der Waals surface area contributed by atoms with Crippen molar-refractivity contribution >= 4 is 27.6 Å². The molecule has 0 radical (unpaired) electrons. The molecule has 124 valence electrons. The van der Waals surface area contributed by atoms with Crippen molar-refractivity contribution in [3.8, 4) is 0 Å². The summed E-state index contributed by atoms with van der Waals surface area (Å²) < 4.78 is 0. The van der Waals surface area contributed by atoms with Gasteiger partial charge < -0.3 is 4.84 Å². The van der Waals surface area contributed by atoms with E-state index in [9.17, 15) is 0 Å². The molecule has 0 saturated carbocycles. The van der Waals surface area contributed by atoms with Crippen molar-refractivity contribution in [1.29, 1.82) is 0 Å². The zero-order valence-corrected chi connectivity index (χ0v) is 14.4. The Labute approximate surface area is 148 Å². The zero-order chi connectivity index (χ0) is 17.1. The van der Waals surface area contributed by atoms with Gasteiger partial charge in [-0.3, -0.25) is 0 Å². The molecule has 0 N–H and O–H groups in total. The first kappa shape index (κ1) is 15.6. The monoisotopic (exact) mass is 327 g/mol. The fourth-order valence-electron chi connectivity index (χ4n) is 3.75. The van der Waals surface area contributed by atoms with Crippen molar-refractivity contribution in [3.05, 3.63) is 83.9 Å². The van der Waals surface area contributed by atoms with Gasteiger partial charge in [0.25, 0.3) is 0 Å². The molecule has 0 fully saturated rings. The van der Waals surface area contributed by atoms with E-state index in [0.29, 0.717) is 0 Å². The van der Waals surface area contributed by atoms with E-state index in [2.05, 4.69) is 78.0 Å². The number of benzene rings is 3. The first-order valence-electron chi connectivity index (χ1n) is 8.75. The van der Waals surface area contributed by atoms with Crippen LogP contribution in [-0.4, -0.2) is 12.8 Å². The molecule has 0 atom stereocenters. The lowest BCUT2D eigenvalue weighted by Gasteiger charge is -2.23. The fraction of sp³-hybridized carbons (Fsp3) is 0.174. The first-order chi connectivity index (χ1) is 12.4. The van der Waals surface area contributed by atoms with Gasteiger partial charge in [0.15, 0.2) is 0 Å². The van der Waals surface area contributed by atoms with Crippen LogP contribution >= 0.6 is 0 Å². The SMILES string of the molecule is CON=C1CCCC(c2ccccc2)=C1c1cccc2ccccc12. The maximum absolute atomic E-state index is 5.18. The van der Waals surface area contributed by atoms with Crippen LogP contribution in [-0.2, 0) is 4.84 Å². The molecule has 0 aliphatic heterocycles. The maximum atomic E-state index is 5.18. The number of rotatable bonds is 3. The highest BCUT2D eigenvalue weighted by atomic mass is 16.6. The molecule has 0 amide bonds. The van der Waals surface area contributed by atoms with Gasteiger partial charge in [-0.15, -0.1) is 0 Å². The van der Waals surface area contributed by atoms with Gasteiger partial charge in [-0.05, 0) is 46.7 Å². The van der Waals surface area contributed by atoms with Crippen LogP contribution in [0, 0.1) is 0 Å². The number of hydrogen-bond donors (Lipinski definition) is 0. The molecule has 0 bridgehead atoms. The zero-order valence-electron chi connectivity index (χ0n) is 14.4. The summed E-state index contributed by atoms with van der Waals surface area (Å²) in [4.78, 5) is 5.18. The molecular formula is C23H21NO. The Morgan fingerprint density at radius 3 is 2.40 bits per heavy atom. The van der Waals surface area contributed by atoms with Crippen molar-refractivity contribution < 1.29 is 4.84 Å². The normalized spacial score (nSPS) is 16.4. The summed E-state index contributed by atoms with van der Waals surface area (Å²) in [5.41, 5.74) is 6.15. The van der Waals surface area contributed by atoms with E-state index in [1.165, 1.54) is 33.0 Å². The van der Waals surface area contributed by atoms with Gasteiger partial charge in [0.05, 0.1) is 5.71 Å². The maximum Gasteiger partial charge on any atom is 0.106 e. The van der Waals surface area contributed by atoms with Crippen LogP contribution in [0.3, 0.4) is 0 Å². The number of oxime groups is 1. The number of hydrogen-bond acceptors (Lipinski definition) is 2. The molecule has 25 heavy (non-hydrogen) atoms. The van der Waals surface area contributed by atoms with Crippen LogP contribution in [0.15, 0.2) is 78.0 Å². The molecule has 3 aromatic carbocycles. The minimum absolute atomic E-state index is 0.947. The summed E-state index contributed by atoms with van der Waals surface area (Å²) in [6.45, 7) is 0. The van der Waals surface area contributed by atoms with E-state index in [1.54, 1.807) is 7.11 Å². The number of allylic oxidation sites excluding steroid dienone is 2. The standard InChI is InChI=1S/C23H21NO/c1-25-24-22-16-8-14-20(18-9-3-2-4-10-18)23(22)21-15-7-12-17-11-5-6-13-19(17)21/h2-7,9-13,15H,8,14,16H2,1H3. The van der Waals surface area contributed by atoms with Crippen molar-refractivity contribution in [2.45, 2.75) is 19.3 Å². The molecule has 4 rings (SSSR count). The molecule has 1 aliphatic rings. The molecule has 3 aromatic rings. The summed E-state index contributed by atoms with van der Waals surface area (Å²) in [7, 11) is 1.63. The van der Waals surface area contributed by atoms with Gasteiger partial charge in [-0.2, -0.15) is 0 Å². The van der Waals surface area contributed by atoms with E-state index in [0.717, 1.165) is 25.0 Å². The van der Waals surface area contributed by atoms with Crippen molar-refractivity contribution in [3.63, 3.8) is 0 Å². The number of fused-ring (bicyclic) bond motifs is 1. The van der Waals surface area contributed by atoms with Gasteiger partial charge in [-0.25, -0.2) is 0 Å². The Kier molecular flexibility index (Phi) is 4.34. The molecule has 2 nitrogen and oxygen atoms in total. The summed E-state index contributed by atoms with van der Waals surface area (Å²) in [5, 5.41) is 6.90. The minimum atomic E-state index is 0.947. The summed E-state index contributed by atoms with van der Waals surface area (Å²) in [5.74, 6) is 0. The van der Waals surface area contributed by atoms with Crippen molar-refractivity contribution in [2.24, 2.45) is 5.16 Å². The second-order valence-corrected chi connectivity index (χ2v) is 6.32. The molecule has 0 unspecified atom stereocenters. The second kappa shape index (κ2) is 6.94. The van der Waals surface area contributed by atoms with Gasteiger partial charge in [0, 0.05) is 5.57 Å². The lowest BCUT2D eigenvalue weighted by atomic mass is 9.81. The van der Waals surface area contributed by atoms with Crippen molar-refractivity contribution in [1.82, 2.24) is 0 Å². The average Bonchev–Trinajstić information content (AvgIpc) is 2.68. The Morgan fingerprint density at radius 1 is 0.800 bits per heavy atom. The second-order valence-electron chi connectivity index (χ2n) is 6.32. The molecule has 0 aromatic heterocycles. The van der Waals surface area contributed by atoms with Crippen LogP contribution in [0.1, 0.15) is 30.4 Å². The van der Waals surface area contributed by atoms with Crippen LogP contribution in [0.25, 0.3) is 21.9 Å². The predicted octanol–water partition coefficient (Wildman–Crippen LogP) is 5.94. The Morgan fingerprint density at radius 2 is 1.56 bits per heavy atom. The minimum Gasteiger partial charge on any atom is -0.399 e. The van der Waals surface area contributed by atoms with Gasteiger partial charge >= 0.3 is 0 Å². The Hall–Kier alpha value is -2.87. The Balaban J connectivity index is 2.03. The van der Waals surface area contributed by atoms with E-state index < -0.39 is 0 Å².